The molecule has 0 saturated carbocycles. The fraction of sp³-hybridized carbons (Fsp3) is 0.154. The fourth-order valence-electron chi connectivity index (χ4n) is 3.36. The first-order chi connectivity index (χ1) is 15.3. The Morgan fingerprint density at radius 2 is 1.84 bits per heavy atom. The highest BCUT2D eigenvalue weighted by Crippen LogP contribution is 2.33. The number of hydrogen-bond acceptors (Lipinski definition) is 3. The van der Waals surface area contributed by atoms with E-state index in [4.69, 9.17) is 27.9 Å². The van der Waals surface area contributed by atoms with Crippen molar-refractivity contribution >= 4 is 40.9 Å². The molecule has 32 heavy (non-hydrogen) atoms. The lowest BCUT2D eigenvalue weighted by Gasteiger charge is -2.13. The van der Waals surface area contributed by atoms with Crippen molar-refractivity contribution in [1.29, 1.82) is 5.26 Å². The van der Waals surface area contributed by atoms with E-state index in [2.05, 4.69) is 5.32 Å². The monoisotopic (exact) mass is 464 g/mol. The number of anilines is 1. The highest BCUT2D eigenvalue weighted by Gasteiger charge is 2.15. The average Bonchev–Trinajstić information content (AvgIpc) is 2.76. The number of hydrogen-bond donors (Lipinski definition) is 1. The van der Waals surface area contributed by atoms with Gasteiger partial charge in [-0.05, 0) is 60.9 Å². The number of benzene rings is 3. The van der Waals surface area contributed by atoms with Gasteiger partial charge >= 0.3 is 0 Å². The van der Waals surface area contributed by atoms with Crippen LogP contribution < -0.4 is 10.1 Å². The number of aryl methyl sites for hydroxylation is 2. The summed E-state index contributed by atoms with van der Waals surface area (Å²) in [5.74, 6) is 0.0606. The molecule has 0 radical (unpaired) electrons. The van der Waals surface area contributed by atoms with Crippen molar-refractivity contribution in [3.63, 3.8) is 0 Å². The molecule has 0 aliphatic rings. The van der Waals surface area contributed by atoms with Gasteiger partial charge in [-0.1, -0.05) is 59.1 Å². The smallest absolute Gasteiger partial charge is 0.266 e. The number of amides is 1. The molecule has 0 aliphatic heterocycles. The Bertz CT molecular complexity index is 1240. The van der Waals surface area contributed by atoms with Crippen LogP contribution in [0.1, 0.15) is 27.8 Å². The molecule has 162 valence electrons. The van der Waals surface area contributed by atoms with Gasteiger partial charge in [0.1, 0.15) is 17.4 Å². The zero-order valence-electron chi connectivity index (χ0n) is 18.0. The van der Waals surface area contributed by atoms with Crippen LogP contribution in [-0.2, 0) is 11.2 Å². The molecule has 4 nitrogen and oxygen atoms in total. The Kier molecular flexibility index (Phi) is 7.58. The van der Waals surface area contributed by atoms with Crippen molar-refractivity contribution in [1.82, 2.24) is 0 Å². The summed E-state index contributed by atoms with van der Waals surface area (Å²) in [6, 6.07) is 18.6. The normalized spacial score (nSPS) is 11.1. The van der Waals surface area contributed by atoms with Gasteiger partial charge in [0.15, 0.2) is 0 Å². The van der Waals surface area contributed by atoms with Gasteiger partial charge in [-0.25, -0.2) is 0 Å². The molecule has 0 saturated heterocycles. The van der Waals surface area contributed by atoms with Gasteiger partial charge < -0.3 is 10.1 Å². The van der Waals surface area contributed by atoms with Gasteiger partial charge in [0.05, 0.1) is 7.11 Å². The van der Waals surface area contributed by atoms with Gasteiger partial charge in [0, 0.05) is 27.7 Å². The maximum atomic E-state index is 12.7. The first-order valence-corrected chi connectivity index (χ1v) is 10.7. The van der Waals surface area contributed by atoms with Crippen LogP contribution in [0.3, 0.4) is 0 Å². The second kappa shape index (κ2) is 10.4. The number of ether oxygens (including phenoxy) is 1. The lowest BCUT2D eigenvalue weighted by Crippen LogP contribution is -2.14. The summed E-state index contributed by atoms with van der Waals surface area (Å²) >= 11 is 12.8. The Morgan fingerprint density at radius 1 is 1.09 bits per heavy atom. The molecule has 6 heteroatoms. The molecule has 0 bridgehead atoms. The van der Waals surface area contributed by atoms with Crippen molar-refractivity contribution in [3.05, 3.63) is 98.0 Å². The summed E-state index contributed by atoms with van der Waals surface area (Å²) in [6.45, 7) is 3.88. The van der Waals surface area contributed by atoms with Gasteiger partial charge in [-0.15, -0.1) is 0 Å². The lowest BCUT2D eigenvalue weighted by molar-refractivity contribution is -0.112. The molecule has 3 aromatic carbocycles. The van der Waals surface area contributed by atoms with Crippen molar-refractivity contribution in [2.24, 2.45) is 0 Å². The zero-order chi connectivity index (χ0) is 23.3. The Hall–Kier alpha value is -3.26. The van der Waals surface area contributed by atoms with E-state index in [1.54, 1.807) is 19.2 Å². The zero-order valence-corrected chi connectivity index (χ0v) is 19.5. The highest BCUT2D eigenvalue weighted by molar-refractivity contribution is 6.32. The molecular formula is C26H22Cl2N2O2. The van der Waals surface area contributed by atoms with Crippen molar-refractivity contribution < 1.29 is 9.53 Å². The van der Waals surface area contributed by atoms with E-state index in [1.165, 1.54) is 6.08 Å². The summed E-state index contributed by atoms with van der Waals surface area (Å²) in [4.78, 5) is 12.7. The summed E-state index contributed by atoms with van der Waals surface area (Å²) < 4.78 is 5.54. The fourth-order valence-corrected chi connectivity index (χ4v) is 3.85. The van der Waals surface area contributed by atoms with Crippen LogP contribution in [0.4, 0.5) is 5.69 Å². The van der Waals surface area contributed by atoms with Crippen LogP contribution in [0.15, 0.2) is 60.2 Å². The maximum Gasteiger partial charge on any atom is 0.266 e. The number of carbonyl (C=O) groups is 1. The Labute approximate surface area is 198 Å². The molecule has 3 aromatic rings. The first kappa shape index (κ1) is 23.4. The molecular weight excluding hydrogens is 443 g/mol. The maximum absolute atomic E-state index is 12.7. The van der Waals surface area contributed by atoms with Crippen LogP contribution in [0.2, 0.25) is 10.0 Å². The Morgan fingerprint density at radius 3 is 2.50 bits per heavy atom. The Balaban J connectivity index is 1.90. The summed E-state index contributed by atoms with van der Waals surface area (Å²) in [6.07, 6.45) is 1.98. The number of nitrogens with one attached hydrogen (secondary N) is 1. The van der Waals surface area contributed by atoms with Crippen LogP contribution >= 0.6 is 23.2 Å². The van der Waals surface area contributed by atoms with Gasteiger partial charge in [0.2, 0.25) is 0 Å². The number of rotatable bonds is 6. The highest BCUT2D eigenvalue weighted by atomic mass is 35.5. The van der Waals surface area contributed by atoms with Crippen LogP contribution in [0.5, 0.6) is 5.75 Å². The number of nitriles is 1. The lowest BCUT2D eigenvalue weighted by atomic mass is 10.0. The minimum Gasteiger partial charge on any atom is -0.496 e. The minimum atomic E-state index is -0.491. The molecule has 0 fully saturated rings. The molecule has 1 N–H and O–H groups in total. The van der Waals surface area contributed by atoms with Gasteiger partial charge in [-0.3, -0.25) is 4.79 Å². The van der Waals surface area contributed by atoms with Gasteiger partial charge in [0.25, 0.3) is 5.91 Å². The third kappa shape index (κ3) is 5.50. The van der Waals surface area contributed by atoms with E-state index in [0.717, 1.165) is 22.3 Å². The number of nitrogens with zero attached hydrogens (tertiary/aromatic N) is 1. The minimum absolute atomic E-state index is 0.0399. The van der Waals surface area contributed by atoms with Crippen molar-refractivity contribution in [2.75, 3.05) is 12.4 Å². The van der Waals surface area contributed by atoms with E-state index in [1.807, 2.05) is 62.4 Å². The standard InChI is InChI=1S/C26H22Cl2N2O2/c1-16-8-9-24(17(2)10-16)30-26(31)20(15-29)11-18-12-23(28)21(25(13-18)32-3)14-19-6-4-5-7-22(19)27/h4-13H,14H2,1-3H3,(H,30,31)/b20-11+. The molecule has 0 unspecified atom stereocenters. The molecule has 0 spiro atoms. The van der Waals surface area contributed by atoms with Crippen LogP contribution in [0.25, 0.3) is 6.08 Å². The van der Waals surface area contributed by atoms with E-state index in [9.17, 15) is 10.1 Å². The van der Waals surface area contributed by atoms with E-state index in [-0.39, 0.29) is 5.57 Å². The van der Waals surface area contributed by atoms with E-state index in [0.29, 0.717) is 33.5 Å². The SMILES string of the molecule is COc1cc(/C=C(\C#N)C(=O)Nc2ccc(C)cc2C)cc(Cl)c1Cc1ccccc1Cl. The van der Waals surface area contributed by atoms with Crippen LogP contribution in [0, 0.1) is 25.2 Å². The largest absolute Gasteiger partial charge is 0.496 e. The van der Waals surface area contributed by atoms with E-state index >= 15 is 0 Å². The summed E-state index contributed by atoms with van der Waals surface area (Å²) in [5.41, 5.74) is 4.91. The molecule has 0 aliphatic carbocycles. The van der Waals surface area contributed by atoms with Gasteiger partial charge in [-0.2, -0.15) is 5.26 Å². The quantitative estimate of drug-likeness (QED) is 0.323. The third-order valence-electron chi connectivity index (χ3n) is 5.03. The first-order valence-electron chi connectivity index (χ1n) is 9.92. The molecule has 0 atom stereocenters. The van der Waals surface area contributed by atoms with E-state index < -0.39 is 5.91 Å². The predicted octanol–water partition coefficient (Wildman–Crippen LogP) is 6.76. The molecule has 0 aromatic heterocycles. The number of carbonyl (C=O) groups excluding carboxylic acids is 1. The number of methoxy groups -OCH3 is 1. The number of halogens is 2. The average molecular weight is 465 g/mol. The second-order valence-electron chi connectivity index (χ2n) is 7.39. The summed E-state index contributed by atoms with van der Waals surface area (Å²) in [7, 11) is 1.55. The molecule has 3 rings (SSSR count). The third-order valence-corrected chi connectivity index (χ3v) is 5.73. The van der Waals surface area contributed by atoms with Crippen LogP contribution in [-0.4, -0.2) is 13.0 Å². The van der Waals surface area contributed by atoms with Crippen molar-refractivity contribution in [3.8, 4) is 11.8 Å². The van der Waals surface area contributed by atoms with Crippen molar-refractivity contribution in [2.45, 2.75) is 20.3 Å². The topological polar surface area (TPSA) is 62.1 Å². The molecule has 1 amide bonds. The molecule has 0 heterocycles. The predicted molar refractivity (Wildman–Crippen MR) is 130 cm³/mol. The summed E-state index contributed by atoms with van der Waals surface area (Å²) in [5, 5.41) is 13.5. The second-order valence-corrected chi connectivity index (χ2v) is 8.21.